The summed E-state index contributed by atoms with van der Waals surface area (Å²) < 4.78 is 3.08. The minimum atomic E-state index is 0.461. The molecule has 0 radical (unpaired) electrons. The molecule has 0 bridgehead atoms. The van der Waals surface area contributed by atoms with E-state index in [2.05, 4.69) is 60.1 Å². The van der Waals surface area contributed by atoms with Gasteiger partial charge in [0.15, 0.2) is 0 Å². The highest BCUT2D eigenvalue weighted by atomic mass is 32.2. The quantitative estimate of drug-likeness (QED) is 0.642. The lowest BCUT2D eigenvalue weighted by Gasteiger charge is -2.37. The van der Waals surface area contributed by atoms with E-state index < -0.39 is 0 Å². The Hall–Kier alpha value is -0.840. The summed E-state index contributed by atoms with van der Waals surface area (Å²) in [7, 11) is 1.92. The van der Waals surface area contributed by atoms with Crippen LogP contribution >= 0.6 is 23.3 Å². The molecule has 0 amide bonds. The second-order valence-electron chi connectivity index (χ2n) is 7.83. The highest BCUT2D eigenvalue weighted by molar-refractivity contribution is 7.97. The summed E-state index contributed by atoms with van der Waals surface area (Å²) in [6, 6.07) is 9.14. The third kappa shape index (κ3) is 4.22. The van der Waals surface area contributed by atoms with Gasteiger partial charge in [-0.2, -0.15) is 0 Å². The number of nitrogens with zero attached hydrogens (tertiary/aromatic N) is 1. The van der Waals surface area contributed by atoms with Gasteiger partial charge in [-0.25, -0.2) is 4.98 Å². The van der Waals surface area contributed by atoms with Crippen molar-refractivity contribution in [2.24, 2.45) is 11.3 Å². The molecule has 1 aromatic heterocycles. The first-order valence-electron chi connectivity index (χ1n) is 8.87. The van der Waals surface area contributed by atoms with Crippen molar-refractivity contribution in [3.8, 4) is 10.6 Å². The molecule has 4 heteroatoms. The first kappa shape index (κ1) is 18.0. The van der Waals surface area contributed by atoms with Crippen LogP contribution in [0.15, 0.2) is 34.7 Å². The molecule has 130 valence electrons. The molecule has 1 aliphatic carbocycles. The van der Waals surface area contributed by atoms with E-state index in [0.29, 0.717) is 5.41 Å². The molecule has 2 aromatic rings. The molecule has 1 fully saturated rings. The number of hydrogen-bond acceptors (Lipinski definition) is 4. The molecule has 0 saturated heterocycles. The number of aromatic nitrogens is 1. The third-order valence-corrected chi connectivity index (χ3v) is 6.93. The van der Waals surface area contributed by atoms with Crippen LogP contribution in [0.4, 0.5) is 0 Å². The molecule has 0 aliphatic heterocycles. The van der Waals surface area contributed by atoms with Gasteiger partial charge in [0.05, 0.1) is 0 Å². The molecule has 0 unspecified atom stereocenters. The molecule has 0 spiro atoms. The van der Waals surface area contributed by atoms with Crippen LogP contribution in [0.2, 0.25) is 0 Å². The van der Waals surface area contributed by atoms with Crippen molar-refractivity contribution in [1.82, 2.24) is 9.71 Å². The maximum atomic E-state index is 4.67. The van der Waals surface area contributed by atoms with E-state index in [1.165, 1.54) is 36.8 Å². The molecule has 1 aliphatic rings. The van der Waals surface area contributed by atoms with Gasteiger partial charge in [0.2, 0.25) is 0 Å². The fourth-order valence-electron chi connectivity index (χ4n) is 3.73. The Morgan fingerprint density at radius 2 is 1.75 bits per heavy atom. The maximum absolute atomic E-state index is 4.67. The maximum Gasteiger partial charge on any atom is 0.124 e. The fourth-order valence-corrected chi connectivity index (χ4v) is 5.16. The Morgan fingerprint density at radius 1 is 1.08 bits per heavy atom. The number of nitrogens with one attached hydrogen (secondary N) is 1. The van der Waals surface area contributed by atoms with Gasteiger partial charge >= 0.3 is 0 Å². The average molecular weight is 361 g/mol. The molecule has 24 heavy (non-hydrogen) atoms. The first-order valence-corrected chi connectivity index (χ1v) is 10.6. The number of rotatable bonds is 4. The monoisotopic (exact) mass is 360 g/mol. The summed E-state index contributed by atoms with van der Waals surface area (Å²) in [5.74, 6) is 1.62. The first-order chi connectivity index (χ1) is 11.5. The molecule has 1 N–H and O–H groups in total. The number of benzene rings is 1. The topological polar surface area (TPSA) is 24.9 Å². The van der Waals surface area contributed by atoms with Crippen molar-refractivity contribution >= 4 is 23.3 Å². The van der Waals surface area contributed by atoms with Gasteiger partial charge in [-0.05, 0) is 67.5 Å². The summed E-state index contributed by atoms with van der Waals surface area (Å²) in [6.45, 7) is 7.17. The highest BCUT2D eigenvalue weighted by Crippen LogP contribution is 2.43. The summed E-state index contributed by atoms with van der Waals surface area (Å²) in [5, 5.41) is 4.26. The van der Waals surface area contributed by atoms with Gasteiger partial charge in [-0.3, -0.25) is 4.72 Å². The van der Waals surface area contributed by atoms with Gasteiger partial charge in [-0.15, -0.1) is 11.3 Å². The summed E-state index contributed by atoms with van der Waals surface area (Å²) in [5.41, 5.74) is 3.20. The molecular formula is C20H28N2S2. The summed E-state index contributed by atoms with van der Waals surface area (Å²) >= 11 is 3.28. The van der Waals surface area contributed by atoms with Crippen molar-refractivity contribution in [3.63, 3.8) is 0 Å². The van der Waals surface area contributed by atoms with Crippen LogP contribution < -0.4 is 4.72 Å². The molecule has 2 nitrogen and oxygen atoms in total. The van der Waals surface area contributed by atoms with E-state index in [9.17, 15) is 0 Å². The molecule has 1 saturated carbocycles. The van der Waals surface area contributed by atoms with Crippen LogP contribution in [0.25, 0.3) is 10.6 Å². The molecule has 1 aromatic carbocycles. The largest absolute Gasteiger partial charge is 0.262 e. The van der Waals surface area contributed by atoms with Crippen LogP contribution in [0, 0.1) is 11.3 Å². The lowest BCUT2D eigenvalue weighted by Crippen LogP contribution is -2.25. The molecule has 3 rings (SSSR count). The van der Waals surface area contributed by atoms with Crippen molar-refractivity contribution < 1.29 is 0 Å². The normalized spacial score (nSPS) is 21.8. The standard InChI is InChI=1S/C20H28N2S2/c1-20(2,3)17-11-9-15(10-12-17)14-5-7-16(8-6-14)19-22-18(13-23-19)24-21-4/h5-8,13,15,17,21H,9-12H2,1-4H3. The number of thiazole rings is 1. The van der Waals surface area contributed by atoms with Crippen LogP contribution in [0.5, 0.6) is 0 Å². The zero-order valence-electron chi connectivity index (χ0n) is 15.1. The molecule has 1 heterocycles. The van der Waals surface area contributed by atoms with E-state index in [0.717, 1.165) is 21.9 Å². The SMILES string of the molecule is CNSc1csc(-c2ccc(C3CCC(C(C)(C)C)CC3)cc2)n1. The Morgan fingerprint density at radius 3 is 2.33 bits per heavy atom. The Labute approximate surface area is 154 Å². The highest BCUT2D eigenvalue weighted by Gasteiger charge is 2.30. The van der Waals surface area contributed by atoms with Gasteiger partial charge < -0.3 is 0 Å². The Kier molecular flexibility index (Phi) is 5.68. The lowest BCUT2D eigenvalue weighted by molar-refractivity contribution is 0.169. The lowest BCUT2D eigenvalue weighted by atomic mass is 9.69. The molecular weight excluding hydrogens is 332 g/mol. The predicted octanol–water partition coefficient (Wildman–Crippen LogP) is 6.36. The smallest absolute Gasteiger partial charge is 0.124 e. The van der Waals surface area contributed by atoms with Crippen LogP contribution in [0.1, 0.15) is 57.9 Å². The minimum Gasteiger partial charge on any atom is -0.262 e. The third-order valence-electron chi connectivity index (χ3n) is 5.27. The summed E-state index contributed by atoms with van der Waals surface area (Å²) in [6.07, 6.45) is 5.41. The van der Waals surface area contributed by atoms with Crippen molar-refractivity contribution in [3.05, 3.63) is 35.2 Å². The van der Waals surface area contributed by atoms with Crippen LogP contribution in [-0.2, 0) is 0 Å². The van der Waals surface area contributed by atoms with E-state index >= 15 is 0 Å². The van der Waals surface area contributed by atoms with Crippen molar-refractivity contribution in [1.29, 1.82) is 0 Å². The second-order valence-corrected chi connectivity index (χ2v) is 9.72. The van der Waals surface area contributed by atoms with Gasteiger partial charge in [0.1, 0.15) is 10.0 Å². The number of hydrogen-bond donors (Lipinski definition) is 1. The molecule has 0 atom stereocenters. The van der Waals surface area contributed by atoms with Gasteiger partial charge in [-0.1, -0.05) is 45.0 Å². The van der Waals surface area contributed by atoms with E-state index in [4.69, 9.17) is 0 Å². The average Bonchev–Trinajstić information content (AvgIpc) is 3.03. The van der Waals surface area contributed by atoms with Crippen molar-refractivity contribution in [2.75, 3.05) is 7.05 Å². The van der Waals surface area contributed by atoms with E-state index in [-0.39, 0.29) is 0 Å². The van der Waals surface area contributed by atoms with Crippen molar-refractivity contribution in [2.45, 2.75) is 57.4 Å². The van der Waals surface area contributed by atoms with Gasteiger partial charge in [0, 0.05) is 10.9 Å². The predicted molar refractivity (Wildman–Crippen MR) is 107 cm³/mol. The Bertz CT molecular complexity index is 647. The van der Waals surface area contributed by atoms with Crippen LogP contribution in [0.3, 0.4) is 0 Å². The van der Waals surface area contributed by atoms with Gasteiger partial charge in [0.25, 0.3) is 0 Å². The zero-order chi connectivity index (χ0) is 17.2. The summed E-state index contributed by atoms with van der Waals surface area (Å²) in [4.78, 5) is 4.67. The second kappa shape index (κ2) is 7.59. The zero-order valence-corrected chi connectivity index (χ0v) is 16.8. The Balaban J connectivity index is 1.64. The minimum absolute atomic E-state index is 0.461. The van der Waals surface area contributed by atoms with E-state index in [1.54, 1.807) is 23.3 Å². The van der Waals surface area contributed by atoms with Crippen LogP contribution in [-0.4, -0.2) is 12.0 Å². The van der Waals surface area contributed by atoms with E-state index in [1.807, 2.05) is 7.05 Å². The fraction of sp³-hybridized carbons (Fsp3) is 0.550.